The number of hydrogen-bond donors (Lipinski definition) is 0. The molecule has 0 radical (unpaired) electrons. The number of rotatable bonds is 0. The largest absolute Gasteiger partial charge is 4.00 e. The quantitative estimate of drug-likeness (QED) is 0.506. The van der Waals surface area contributed by atoms with Crippen molar-refractivity contribution in [2.45, 2.75) is 0 Å². The van der Waals surface area contributed by atoms with Crippen molar-refractivity contribution in [3.63, 3.8) is 0 Å². The SMILES string of the molecule is [Al+3].[La+3].[O-2].[O-2].[O-2].[O-2].[O-2].[Ti+4]. The van der Waals surface area contributed by atoms with Crippen LogP contribution in [0.4, 0.5) is 0 Å². The summed E-state index contributed by atoms with van der Waals surface area (Å²) in [6.45, 7) is 0. The first-order valence-electron chi connectivity index (χ1n) is 0. The van der Waals surface area contributed by atoms with Gasteiger partial charge in [0.1, 0.15) is 0 Å². The first-order valence-corrected chi connectivity index (χ1v) is 0. The third-order valence-corrected chi connectivity index (χ3v) is 0. The summed E-state index contributed by atoms with van der Waals surface area (Å²) in [5, 5.41) is 0. The van der Waals surface area contributed by atoms with Crippen LogP contribution in [0.5, 0.6) is 0 Å². The molecule has 0 saturated carbocycles. The van der Waals surface area contributed by atoms with E-state index in [2.05, 4.69) is 0 Å². The summed E-state index contributed by atoms with van der Waals surface area (Å²) in [6.07, 6.45) is 0. The predicted molar refractivity (Wildman–Crippen MR) is 9.19 cm³/mol. The van der Waals surface area contributed by atoms with Crippen molar-refractivity contribution in [2.75, 3.05) is 0 Å². The van der Waals surface area contributed by atoms with E-state index in [9.17, 15) is 0 Å². The fourth-order valence-corrected chi connectivity index (χ4v) is 0. The summed E-state index contributed by atoms with van der Waals surface area (Å²) in [6, 6.07) is 0. The smallest absolute Gasteiger partial charge is 2.00 e. The van der Waals surface area contributed by atoms with Gasteiger partial charge in [0.25, 0.3) is 0 Å². The summed E-state index contributed by atoms with van der Waals surface area (Å²) < 4.78 is 0. The van der Waals surface area contributed by atoms with Crippen LogP contribution in [0, 0.1) is 35.6 Å². The van der Waals surface area contributed by atoms with Gasteiger partial charge in [0.2, 0.25) is 0 Å². The first-order chi connectivity index (χ1) is 0. The van der Waals surface area contributed by atoms with Gasteiger partial charge in [-0.15, -0.1) is 0 Å². The monoisotopic (exact) mass is 294 g/mol. The Labute approximate surface area is 101 Å². The molecule has 0 unspecified atom stereocenters. The molecule has 0 aliphatic rings. The Morgan fingerprint density at radius 1 is 0.500 bits per heavy atom. The van der Waals surface area contributed by atoms with E-state index in [1.165, 1.54) is 0 Å². The van der Waals surface area contributed by atoms with E-state index in [-0.39, 0.29) is 102 Å². The van der Waals surface area contributed by atoms with Crippen molar-refractivity contribution in [1.82, 2.24) is 0 Å². The van der Waals surface area contributed by atoms with Crippen LogP contribution in [0.1, 0.15) is 0 Å². The summed E-state index contributed by atoms with van der Waals surface area (Å²) in [4.78, 5) is 0. The van der Waals surface area contributed by atoms with Crippen molar-refractivity contribution >= 4 is 17.4 Å². The van der Waals surface area contributed by atoms with Gasteiger partial charge >= 0.3 is 74.7 Å². The van der Waals surface area contributed by atoms with Gasteiger partial charge in [-0.3, -0.25) is 0 Å². The van der Waals surface area contributed by atoms with Crippen LogP contribution in [-0.4, -0.2) is 17.4 Å². The molecule has 0 spiro atoms. The van der Waals surface area contributed by atoms with Crippen LogP contribution in [0.2, 0.25) is 0 Å². The minimum absolute atomic E-state index is 0. The molecule has 0 rings (SSSR count). The average Bonchev–Trinajstić information content (AvgIpc) is 0. The van der Waals surface area contributed by atoms with Gasteiger partial charge in [-0.1, -0.05) is 0 Å². The Morgan fingerprint density at radius 2 is 0.500 bits per heavy atom. The van der Waals surface area contributed by atoms with Gasteiger partial charge in [-0.05, 0) is 0 Å². The van der Waals surface area contributed by atoms with Gasteiger partial charge in [-0.25, -0.2) is 0 Å². The van der Waals surface area contributed by atoms with Crippen LogP contribution in [-0.2, 0) is 49.1 Å². The second kappa shape index (κ2) is 125. The van der Waals surface area contributed by atoms with Gasteiger partial charge in [0.15, 0.2) is 0 Å². The maximum Gasteiger partial charge on any atom is 4.00 e. The van der Waals surface area contributed by atoms with E-state index in [4.69, 9.17) is 0 Å². The van der Waals surface area contributed by atoms with Crippen molar-refractivity contribution in [2.24, 2.45) is 0 Å². The van der Waals surface area contributed by atoms with Crippen LogP contribution in [0.15, 0.2) is 0 Å². The van der Waals surface area contributed by atoms with Gasteiger partial charge in [-0.2, -0.15) is 0 Å². The minimum atomic E-state index is 0. The topological polar surface area (TPSA) is 142 Å². The molecule has 0 aliphatic heterocycles. The van der Waals surface area contributed by atoms with Crippen molar-refractivity contribution < 1.29 is 84.7 Å². The van der Waals surface area contributed by atoms with Crippen molar-refractivity contribution in [3.8, 4) is 0 Å². The van der Waals surface area contributed by atoms with E-state index >= 15 is 0 Å². The summed E-state index contributed by atoms with van der Waals surface area (Å²) in [7, 11) is 0. The molecule has 0 fully saturated rings. The van der Waals surface area contributed by atoms with Gasteiger partial charge in [0, 0.05) is 0 Å². The third kappa shape index (κ3) is 86.0. The Morgan fingerprint density at radius 3 is 0.500 bits per heavy atom. The number of hydrogen-bond acceptors (Lipinski definition) is 0. The molecule has 5 nitrogen and oxygen atoms in total. The summed E-state index contributed by atoms with van der Waals surface area (Å²) in [5.74, 6) is 0. The van der Waals surface area contributed by atoms with E-state index in [0.29, 0.717) is 0 Å². The maximum absolute atomic E-state index is 0. The predicted octanol–water partition coefficient (Wildman–Crippen LogP) is -0.977. The molecular formula is AlLaO5Ti. The Bertz CT molecular complexity index is 12.4. The fourth-order valence-electron chi connectivity index (χ4n) is 0. The van der Waals surface area contributed by atoms with E-state index in [0.717, 1.165) is 0 Å². The van der Waals surface area contributed by atoms with Crippen LogP contribution < -0.4 is 0 Å². The van der Waals surface area contributed by atoms with Crippen LogP contribution >= 0.6 is 0 Å². The zero-order chi connectivity index (χ0) is 0. The van der Waals surface area contributed by atoms with Crippen LogP contribution in [0.3, 0.4) is 0 Å². The van der Waals surface area contributed by atoms with Crippen molar-refractivity contribution in [3.05, 3.63) is 0 Å². The summed E-state index contributed by atoms with van der Waals surface area (Å²) >= 11 is 0. The molecular weight excluding hydrogens is 294 g/mol. The third-order valence-electron chi connectivity index (χ3n) is 0. The molecule has 0 aliphatic carbocycles. The molecule has 0 heterocycles. The average molecular weight is 294 g/mol. The zero-order valence-electron chi connectivity index (χ0n) is 3.70. The molecule has 0 aromatic heterocycles. The minimum Gasteiger partial charge on any atom is -2.00 e. The Balaban J connectivity index is 0. The molecule has 40 valence electrons. The zero-order valence-corrected chi connectivity index (χ0v) is 10.0. The molecule has 0 aromatic carbocycles. The molecule has 0 saturated heterocycles. The molecule has 0 aromatic rings. The first kappa shape index (κ1) is 174. The second-order valence-corrected chi connectivity index (χ2v) is 0. The van der Waals surface area contributed by atoms with Crippen molar-refractivity contribution in [1.29, 1.82) is 0 Å². The van der Waals surface area contributed by atoms with E-state index in [1.54, 1.807) is 0 Å². The molecule has 0 N–H and O–H groups in total. The summed E-state index contributed by atoms with van der Waals surface area (Å²) in [5.41, 5.74) is 0. The molecule has 0 amide bonds. The van der Waals surface area contributed by atoms with Crippen LogP contribution in [0.25, 0.3) is 0 Å². The maximum atomic E-state index is 0. The molecule has 8 heavy (non-hydrogen) atoms. The standard InChI is InChI=1S/Al.La.5O.Ti/q2*+3;5*-2;+4. The van der Waals surface area contributed by atoms with Gasteiger partial charge < -0.3 is 27.4 Å². The van der Waals surface area contributed by atoms with E-state index in [1.807, 2.05) is 0 Å². The van der Waals surface area contributed by atoms with Gasteiger partial charge in [0.05, 0.1) is 0 Å². The Kier molecular flexibility index (Phi) is 2720. The normalized spacial score (nSPS) is 0. The molecule has 0 atom stereocenters. The fraction of sp³-hybridized carbons (Fsp3) is 0. The van der Waals surface area contributed by atoms with E-state index < -0.39 is 0 Å². The molecule has 0 bridgehead atoms. The second-order valence-electron chi connectivity index (χ2n) is 0. The molecule has 8 heteroatoms. The Hall–Kier alpha value is 2.24.